The van der Waals surface area contributed by atoms with Crippen molar-refractivity contribution in [2.24, 2.45) is 0 Å². The minimum absolute atomic E-state index is 0.0262. The van der Waals surface area contributed by atoms with Gasteiger partial charge in [-0.05, 0) is 43.3 Å². The standard InChI is InChI=1S/C18H19NO3/c1-14(20)16-8-10-18(11-9-16)22-13-12-19(15(2)21)17-6-4-3-5-7-17/h3-11H,12-13H2,1-2H3. The molecule has 0 radical (unpaired) electrons. The Morgan fingerprint density at radius 1 is 0.955 bits per heavy atom. The molecule has 0 saturated heterocycles. The van der Waals surface area contributed by atoms with Crippen LogP contribution < -0.4 is 9.64 Å². The largest absolute Gasteiger partial charge is 0.492 e. The second kappa shape index (κ2) is 7.41. The minimum Gasteiger partial charge on any atom is -0.492 e. The lowest BCUT2D eigenvalue weighted by atomic mass is 10.1. The fourth-order valence-corrected chi connectivity index (χ4v) is 2.12. The molecule has 0 aromatic heterocycles. The first-order chi connectivity index (χ1) is 10.6. The summed E-state index contributed by atoms with van der Waals surface area (Å²) >= 11 is 0. The van der Waals surface area contributed by atoms with Crippen LogP contribution in [0.3, 0.4) is 0 Å². The van der Waals surface area contributed by atoms with Crippen LogP contribution in [0.4, 0.5) is 5.69 Å². The lowest BCUT2D eigenvalue weighted by molar-refractivity contribution is -0.116. The van der Waals surface area contributed by atoms with Crippen molar-refractivity contribution in [2.45, 2.75) is 13.8 Å². The summed E-state index contributed by atoms with van der Waals surface area (Å²) in [5.74, 6) is 0.682. The van der Waals surface area contributed by atoms with Gasteiger partial charge in [-0.25, -0.2) is 0 Å². The number of ether oxygens (including phenoxy) is 1. The van der Waals surface area contributed by atoms with E-state index >= 15 is 0 Å². The van der Waals surface area contributed by atoms with Crippen molar-refractivity contribution >= 4 is 17.4 Å². The molecule has 4 heteroatoms. The molecule has 0 bridgehead atoms. The van der Waals surface area contributed by atoms with Crippen LogP contribution in [0.1, 0.15) is 24.2 Å². The van der Waals surface area contributed by atoms with Crippen molar-refractivity contribution < 1.29 is 14.3 Å². The summed E-state index contributed by atoms with van der Waals surface area (Å²) in [5.41, 5.74) is 1.51. The molecule has 2 aromatic rings. The maximum absolute atomic E-state index is 11.7. The molecule has 0 aliphatic rings. The van der Waals surface area contributed by atoms with Crippen LogP contribution in [0, 0.1) is 0 Å². The Labute approximate surface area is 130 Å². The highest BCUT2D eigenvalue weighted by Crippen LogP contribution is 2.15. The van der Waals surface area contributed by atoms with Gasteiger partial charge in [-0.15, -0.1) is 0 Å². The average Bonchev–Trinajstić information content (AvgIpc) is 2.52. The number of hydrogen-bond acceptors (Lipinski definition) is 3. The SMILES string of the molecule is CC(=O)c1ccc(OCCN(C(C)=O)c2ccccc2)cc1. The maximum Gasteiger partial charge on any atom is 0.223 e. The van der Waals surface area contributed by atoms with E-state index in [0.29, 0.717) is 24.5 Å². The van der Waals surface area contributed by atoms with Gasteiger partial charge in [-0.1, -0.05) is 18.2 Å². The molecule has 4 nitrogen and oxygen atoms in total. The zero-order valence-electron chi connectivity index (χ0n) is 12.8. The molecule has 0 saturated carbocycles. The Morgan fingerprint density at radius 2 is 1.59 bits per heavy atom. The number of hydrogen-bond donors (Lipinski definition) is 0. The molecule has 0 fully saturated rings. The third-order valence-corrected chi connectivity index (χ3v) is 3.29. The Kier molecular flexibility index (Phi) is 5.31. The van der Waals surface area contributed by atoms with Crippen molar-refractivity contribution in [1.29, 1.82) is 0 Å². The Balaban J connectivity index is 1.93. The average molecular weight is 297 g/mol. The normalized spacial score (nSPS) is 10.1. The fraction of sp³-hybridized carbons (Fsp3) is 0.222. The predicted molar refractivity (Wildman–Crippen MR) is 86.4 cm³/mol. The fourth-order valence-electron chi connectivity index (χ4n) is 2.12. The molecule has 0 atom stereocenters. The number of nitrogens with zero attached hydrogens (tertiary/aromatic N) is 1. The second-order valence-electron chi connectivity index (χ2n) is 4.94. The van der Waals surface area contributed by atoms with E-state index in [4.69, 9.17) is 4.74 Å². The van der Waals surface area contributed by atoms with E-state index in [1.54, 1.807) is 29.2 Å². The van der Waals surface area contributed by atoms with Gasteiger partial charge >= 0.3 is 0 Å². The molecule has 114 valence electrons. The number of Topliss-reactive ketones (excluding diaryl/α,β-unsaturated/α-hetero) is 1. The molecule has 0 N–H and O–H groups in total. The molecule has 0 unspecified atom stereocenters. The summed E-state index contributed by atoms with van der Waals surface area (Å²) in [6.45, 7) is 3.91. The first-order valence-corrected chi connectivity index (χ1v) is 7.15. The van der Waals surface area contributed by atoms with Crippen LogP contribution in [0.5, 0.6) is 5.75 Å². The van der Waals surface area contributed by atoms with Crippen LogP contribution in [0.15, 0.2) is 54.6 Å². The zero-order chi connectivity index (χ0) is 15.9. The third-order valence-electron chi connectivity index (χ3n) is 3.29. The van der Waals surface area contributed by atoms with Gasteiger partial charge in [0, 0.05) is 18.2 Å². The second-order valence-corrected chi connectivity index (χ2v) is 4.94. The molecule has 2 aromatic carbocycles. The lowest BCUT2D eigenvalue weighted by Gasteiger charge is -2.21. The number of benzene rings is 2. The number of carbonyl (C=O) groups is 2. The molecule has 0 spiro atoms. The van der Waals surface area contributed by atoms with E-state index < -0.39 is 0 Å². The molecular formula is C18H19NO3. The van der Waals surface area contributed by atoms with Gasteiger partial charge in [0.1, 0.15) is 12.4 Å². The van der Waals surface area contributed by atoms with Gasteiger partial charge in [0.25, 0.3) is 0 Å². The lowest BCUT2D eigenvalue weighted by Crippen LogP contribution is -2.32. The molecular weight excluding hydrogens is 278 g/mol. The Bertz CT molecular complexity index is 635. The van der Waals surface area contributed by atoms with Crippen molar-refractivity contribution in [3.05, 3.63) is 60.2 Å². The Morgan fingerprint density at radius 3 is 2.14 bits per heavy atom. The number of ketones is 1. The van der Waals surface area contributed by atoms with Crippen molar-refractivity contribution in [3.8, 4) is 5.75 Å². The van der Waals surface area contributed by atoms with Gasteiger partial charge in [0.15, 0.2) is 5.78 Å². The van der Waals surface area contributed by atoms with E-state index in [2.05, 4.69) is 0 Å². The van der Waals surface area contributed by atoms with Crippen molar-refractivity contribution in [2.75, 3.05) is 18.1 Å². The first-order valence-electron chi connectivity index (χ1n) is 7.15. The maximum atomic E-state index is 11.7. The third kappa shape index (κ3) is 4.19. The van der Waals surface area contributed by atoms with Crippen LogP contribution in [0.2, 0.25) is 0 Å². The topological polar surface area (TPSA) is 46.6 Å². The van der Waals surface area contributed by atoms with Crippen LogP contribution in [-0.4, -0.2) is 24.8 Å². The smallest absolute Gasteiger partial charge is 0.223 e. The van der Waals surface area contributed by atoms with Crippen LogP contribution in [-0.2, 0) is 4.79 Å². The molecule has 0 aliphatic heterocycles. The van der Waals surface area contributed by atoms with Crippen molar-refractivity contribution in [3.63, 3.8) is 0 Å². The summed E-state index contributed by atoms with van der Waals surface area (Å²) in [7, 11) is 0. The van der Waals surface area contributed by atoms with E-state index in [1.807, 2.05) is 30.3 Å². The summed E-state index contributed by atoms with van der Waals surface area (Å²) in [6, 6.07) is 16.5. The van der Waals surface area contributed by atoms with E-state index in [0.717, 1.165) is 5.69 Å². The van der Waals surface area contributed by atoms with Crippen LogP contribution >= 0.6 is 0 Å². The monoisotopic (exact) mass is 297 g/mol. The summed E-state index contributed by atoms with van der Waals surface area (Å²) in [6.07, 6.45) is 0. The zero-order valence-corrected chi connectivity index (χ0v) is 12.8. The van der Waals surface area contributed by atoms with E-state index in [-0.39, 0.29) is 11.7 Å². The van der Waals surface area contributed by atoms with Gasteiger partial charge in [-0.2, -0.15) is 0 Å². The molecule has 22 heavy (non-hydrogen) atoms. The summed E-state index contributed by atoms with van der Waals surface area (Å²) < 4.78 is 5.64. The summed E-state index contributed by atoms with van der Waals surface area (Å²) in [4.78, 5) is 24.6. The van der Waals surface area contributed by atoms with Gasteiger partial charge < -0.3 is 9.64 Å². The quantitative estimate of drug-likeness (QED) is 0.768. The van der Waals surface area contributed by atoms with Gasteiger partial charge in [0.05, 0.1) is 6.54 Å². The van der Waals surface area contributed by atoms with Crippen LogP contribution in [0.25, 0.3) is 0 Å². The molecule has 1 amide bonds. The molecule has 2 rings (SSSR count). The summed E-state index contributed by atoms with van der Waals surface area (Å²) in [5, 5.41) is 0. The molecule has 0 aliphatic carbocycles. The first kappa shape index (κ1) is 15.8. The number of carbonyl (C=O) groups excluding carboxylic acids is 2. The van der Waals surface area contributed by atoms with Gasteiger partial charge in [0.2, 0.25) is 5.91 Å². The minimum atomic E-state index is -0.0262. The highest BCUT2D eigenvalue weighted by molar-refractivity contribution is 5.94. The number of para-hydroxylation sites is 1. The van der Waals surface area contributed by atoms with Crippen molar-refractivity contribution in [1.82, 2.24) is 0 Å². The number of rotatable bonds is 6. The predicted octanol–water partition coefficient (Wildman–Crippen LogP) is 3.32. The van der Waals surface area contributed by atoms with E-state index in [1.165, 1.54) is 13.8 Å². The number of anilines is 1. The molecule has 0 heterocycles. The highest BCUT2D eigenvalue weighted by Gasteiger charge is 2.10. The van der Waals surface area contributed by atoms with E-state index in [9.17, 15) is 9.59 Å². The highest BCUT2D eigenvalue weighted by atomic mass is 16.5. The number of amides is 1. The van der Waals surface area contributed by atoms with Gasteiger partial charge in [-0.3, -0.25) is 9.59 Å². The Hall–Kier alpha value is -2.62.